The molecule has 134 valence electrons. The molecule has 0 radical (unpaired) electrons. The van der Waals surface area contributed by atoms with Crippen LogP contribution in [0.15, 0.2) is 42.9 Å². The van der Waals surface area contributed by atoms with Gasteiger partial charge in [-0.15, -0.1) is 0 Å². The SMILES string of the molecule is COc1cc(C)c(F)cc1CCNc1cc(-c2ccc(C)nc2)ncn1. The molecule has 2 heterocycles. The minimum Gasteiger partial charge on any atom is -0.496 e. The Hall–Kier alpha value is -3.02. The third-order valence-corrected chi connectivity index (χ3v) is 4.14. The molecule has 3 rings (SSSR count). The van der Waals surface area contributed by atoms with Gasteiger partial charge < -0.3 is 10.1 Å². The number of nitrogens with one attached hydrogen (secondary N) is 1. The van der Waals surface area contributed by atoms with E-state index in [9.17, 15) is 4.39 Å². The smallest absolute Gasteiger partial charge is 0.129 e. The first-order valence-electron chi connectivity index (χ1n) is 8.39. The first-order chi connectivity index (χ1) is 12.6. The highest BCUT2D eigenvalue weighted by Gasteiger charge is 2.08. The molecule has 1 aromatic carbocycles. The van der Waals surface area contributed by atoms with Gasteiger partial charge in [-0.05, 0) is 55.7 Å². The van der Waals surface area contributed by atoms with E-state index in [0.29, 0.717) is 30.1 Å². The van der Waals surface area contributed by atoms with E-state index >= 15 is 0 Å². The number of halogens is 1. The third-order valence-electron chi connectivity index (χ3n) is 4.14. The average Bonchev–Trinajstić information content (AvgIpc) is 2.65. The summed E-state index contributed by atoms with van der Waals surface area (Å²) < 4.78 is 19.2. The number of pyridine rings is 1. The van der Waals surface area contributed by atoms with E-state index in [1.165, 1.54) is 12.4 Å². The molecule has 0 saturated heterocycles. The van der Waals surface area contributed by atoms with Crippen LogP contribution in [-0.2, 0) is 6.42 Å². The van der Waals surface area contributed by atoms with Crippen molar-refractivity contribution >= 4 is 5.82 Å². The van der Waals surface area contributed by atoms with E-state index in [0.717, 1.165) is 22.5 Å². The second-order valence-corrected chi connectivity index (χ2v) is 6.07. The highest BCUT2D eigenvalue weighted by Crippen LogP contribution is 2.23. The fraction of sp³-hybridized carbons (Fsp3) is 0.250. The normalized spacial score (nSPS) is 10.6. The summed E-state index contributed by atoms with van der Waals surface area (Å²) in [6, 6.07) is 9.05. The summed E-state index contributed by atoms with van der Waals surface area (Å²) in [6.45, 7) is 4.27. The zero-order valence-corrected chi connectivity index (χ0v) is 15.1. The van der Waals surface area contributed by atoms with Crippen LogP contribution in [0.3, 0.4) is 0 Å². The number of aromatic nitrogens is 3. The molecule has 0 aliphatic heterocycles. The van der Waals surface area contributed by atoms with Crippen LogP contribution in [0.5, 0.6) is 5.75 Å². The summed E-state index contributed by atoms with van der Waals surface area (Å²) in [5.41, 5.74) is 4.09. The molecule has 0 unspecified atom stereocenters. The fourth-order valence-corrected chi connectivity index (χ4v) is 2.64. The Kier molecular flexibility index (Phi) is 5.41. The summed E-state index contributed by atoms with van der Waals surface area (Å²) in [5, 5.41) is 3.25. The van der Waals surface area contributed by atoms with Crippen LogP contribution in [0, 0.1) is 19.7 Å². The lowest BCUT2D eigenvalue weighted by molar-refractivity contribution is 0.408. The van der Waals surface area contributed by atoms with Gasteiger partial charge >= 0.3 is 0 Å². The van der Waals surface area contributed by atoms with Crippen molar-refractivity contribution in [1.82, 2.24) is 15.0 Å². The van der Waals surface area contributed by atoms with E-state index in [1.54, 1.807) is 26.3 Å². The molecule has 0 bridgehead atoms. The third kappa shape index (κ3) is 4.14. The second-order valence-electron chi connectivity index (χ2n) is 6.07. The van der Waals surface area contributed by atoms with Gasteiger partial charge in [-0.3, -0.25) is 4.98 Å². The van der Waals surface area contributed by atoms with E-state index in [-0.39, 0.29) is 5.82 Å². The molecule has 0 aliphatic carbocycles. The summed E-state index contributed by atoms with van der Waals surface area (Å²) in [4.78, 5) is 12.8. The molecule has 0 saturated carbocycles. The van der Waals surface area contributed by atoms with E-state index in [2.05, 4.69) is 20.3 Å². The Labute approximate surface area is 152 Å². The molecule has 6 heteroatoms. The average molecular weight is 352 g/mol. The number of hydrogen-bond donors (Lipinski definition) is 1. The molecule has 2 aromatic heterocycles. The van der Waals surface area contributed by atoms with Gasteiger partial charge in [0.25, 0.3) is 0 Å². The maximum Gasteiger partial charge on any atom is 0.129 e. The minimum atomic E-state index is -0.225. The Morgan fingerprint density at radius 3 is 2.65 bits per heavy atom. The summed E-state index contributed by atoms with van der Waals surface area (Å²) >= 11 is 0. The zero-order chi connectivity index (χ0) is 18.5. The van der Waals surface area contributed by atoms with Crippen LogP contribution >= 0.6 is 0 Å². The van der Waals surface area contributed by atoms with Gasteiger partial charge in [0.15, 0.2) is 0 Å². The van der Waals surface area contributed by atoms with Crippen LogP contribution in [0.2, 0.25) is 0 Å². The van der Waals surface area contributed by atoms with Crippen LogP contribution in [0.25, 0.3) is 11.3 Å². The number of aryl methyl sites for hydroxylation is 2. The van der Waals surface area contributed by atoms with Gasteiger partial charge in [0.2, 0.25) is 0 Å². The first kappa shape index (κ1) is 17.8. The zero-order valence-electron chi connectivity index (χ0n) is 15.1. The fourth-order valence-electron chi connectivity index (χ4n) is 2.64. The van der Waals surface area contributed by atoms with Crippen molar-refractivity contribution in [3.63, 3.8) is 0 Å². The van der Waals surface area contributed by atoms with Gasteiger partial charge in [-0.25, -0.2) is 14.4 Å². The Morgan fingerprint density at radius 1 is 1.08 bits per heavy atom. The largest absolute Gasteiger partial charge is 0.496 e. The lowest BCUT2D eigenvalue weighted by atomic mass is 10.1. The second kappa shape index (κ2) is 7.91. The van der Waals surface area contributed by atoms with E-state index < -0.39 is 0 Å². The van der Waals surface area contributed by atoms with Gasteiger partial charge in [-0.1, -0.05) is 0 Å². The molecular formula is C20H21FN4O. The van der Waals surface area contributed by atoms with Crippen LogP contribution in [0.1, 0.15) is 16.8 Å². The van der Waals surface area contributed by atoms with Crippen molar-refractivity contribution in [2.75, 3.05) is 19.0 Å². The highest BCUT2D eigenvalue weighted by molar-refractivity contribution is 5.61. The molecular weight excluding hydrogens is 331 g/mol. The quantitative estimate of drug-likeness (QED) is 0.728. The molecule has 0 fully saturated rings. The molecule has 0 amide bonds. The summed E-state index contributed by atoms with van der Waals surface area (Å²) in [5.74, 6) is 1.18. The molecule has 5 nitrogen and oxygen atoms in total. The molecule has 0 aliphatic rings. The molecule has 0 spiro atoms. The summed E-state index contributed by atoms with van der Waals surface area (Å²) in [7, 11) is 1.59. The number of hydrogen-bond acceptors (Lipinski definition) is 5. The maximum absolute atomic E-state index is 13.8. The number of nitrogens with zero attached hydrogens (tertiary/aromatic N) is 3. The monoisotopic (exact) mass is 352 g/mol. The van der Waals surface area contributed by atoms with Gasteiger partial charge in [0.05, 0.1) is 12.8 Å². The van der Waals surface area contributed by atoms with Crippen molar-refractivity contribution in [2.24, 2.45) is 0 Å². The van der Waals surface area contributed by atoms with Crippen molar-refractivity contribution in [3.05, 3.63) is 65.5 Å². The lowest BCUT2D eigenvalue weighted by Crippen LogP contribution is -2.08. The van der Waals surface area contributed by atoms with Crippen molar-refractivity contribution in [2.45, 2.75) is 20.3 Å². The van der Waals surface area contributed by atoms with Gasteiger partial charge in [0, 0.05) is 30.1 Å². The van der Waals surface area contributed by atoms with Crippen molar-refractivity contribution < 1.29 is 9.13 Å². The Balaban J connectivity index is 1.68. The van der Waals surface area contributed by atoms with Crippen LogP contribution < -0.4 is 10.1 Å². The molecule has 0 atom stereocenters. The van der Waals surface area contributed by atoms with Crippen LogP contribution in [0.4, 0.5) is 10.2 Å². The van der Waals surface area contributed by atoms with Crippen molar-refractivity contribution in [1.29, 1.82) is 0 Å². The van der Waals surface area contributed by atoms with Crippen molar-refractivity contribution in [3.8, 4) is 17.0 Å². The van der Waals surface area contributed by atoms with E-state index in [1.807, 2.05) is 25.1 Å². The summed E-state index contributed by atoms with van der Waals surface area (Å²) in [6.07, 6.45) is 3.93. The number of ether oxygens (including phenoxy) is 1. The Morgan fingerprint density at radius 2 is 1.92 bits per heavy atom. The minimum absolute atomic E-state index is 0.225. The molecule has 26 heavy (non-hydrogen) atoms. The predicted molar refractivity (Wildman–Crippen MR) is 99.9 cm³/mol. The first-order valence-corrected chi connectivity index (χ1v) is 8.39. The number of methoxy groups -OCH3 is 1. The van der Waals surface area contributed by atoms with E-state index in [4.69, 9.17) is 4.74 Å². The number of benzene rings is 1. The van der Waals surface area contributed by atoms with Gasteiger partial charge in [-0.2, -0.15) is 0 Å². The molecule has 1 N–H and O–H groups in total. The predicted octanol–water partition coefficient (Wildman–Crippen LogP) is 3.96. The molecule has 3 aromatic rings. The van der Waals surface area contributed by atoms with Crippen LogP contribution in [-0.4, -0.2) is 28.6 Å². The maximum atomic E-state index is 13.8. The van der Waals surface area contributed by atoms with Gasteiger partial charge in [0.1, 0.15) is 23.7 Å². The Bertz CT molecular complexity index is 897. The topological polar surface area (TPSA) is 59.9 Å². The standard InChI is InChI=1S/C20H21FN4O/c1-13-8-19(26-3)15(9-17(13)21)6-7-22-20-10-18(24-12-25-20)16-5-4-14(2)23-11-16/h4-5,8-12H,6-7H2,1-3H3,(H,22,24,25). The number of rotatable bonds is 6. The number of anilines is 1. The lowest BCUT2D eigenvalue weighted by Gasteiger charge is -2.11. The highest BCUT2D eigenvalue weighted by atomic mass is 19.1.